The number of benzene rings is 1. The summed E-state index contributed by atoms with van der Waals surface area (Å²) in [5.41, 5.74) is 2.29. The molecule has 0 spiro atoms. The third kappa shape index (κ3) is 3.46. The van der Waals surface area contributed by atoms with Crippen LogP contribution in [0.4, 0.5) is 24.9 Å². The maximum atomic E-state index is 12.7. The Morgan fingerprint density at radius 2 is 1.86 bits per heavy atom. The molecule has 5 rings (SSSR count). The number of piperidine rings is 1. The molecule has 5 nitrogen and oxygen atoms in total. The second-order valence-corrected chi connectivity index (χ2v) is 8.14. The van der Waals surface area contributed by atoms with Gasteiger partial charge in [0.2, 0.25) is 5.95 Å². The first kappa shape index (κ1) is 18.4. The van der Waals surface area contributed by atoms with E-state index in [1.54, 1.807) is 0 Å². The molecule has 8 heteroatoms. The van der Waals surface area contributed by atoms with E-state index in [0.29, 0.717) is 29.8 Å². The van der Waals surface area contributed by atoms with E-state index in [1.165, 1.54) is 37.3 Å². The van der Waals surface area contributed by atoms with E-state index >= 15 is 0 Å². The monoisotopic (exact) mass is 401 g/mol. The Morgan fingerprint density at radius 1 is 1.10 bits per heavy atom. The SMILES string of the molecule is CN1C2CCC1CC(c1ccc3nc(Nc4ccc(C(F)(F)F)cn4)[nH]c3c1)C2. The minimum Gasteiger partial charge on any atom is -0.324 e. The largest absolute Gasteiger partial charge is 0.417 e. The first-order valence-corrected chi connectivity index (χ1v) is 9.89. The third-order valence-electron chi connectivity index (χ3n) is 6.41. The van der Waals surface area contributed by atoms with Crippen LogP contribution in [0.15, 0.2) is 36.5 Å². The van der Waals surface area contributed by atoms with Gasteiger partial charge in [-0.3, -0.25) is 0 Å². The third-order valence-corrected chi connectivity index (χ3v) is 6.41. The minimum absolute atomic E-state index is 0.309. The van der Waals surface area contributed by atoms with E-state index in [1.807, 2.05) is 6.07 Å². The molecule has 3 aromatic rings. The zero-order chi connectivity index (χ0) is 20.2. The number of anilines is 2. The van der Waals surface area contributed by atoms with Crippen molar-refractivity contribution in [3.8, 4) is 0 Å². The van der Waals surface area contributed by atoms with E-state index in [2.05, 4.69) is 44.3 Å². The van der Waals surface area contributed by atoms with Gasteiger partial charge in [0.05, 0.1) is 16.6 Å². The predicted molar refractivity (Wildman–Crippen MR) is 105 cm³/mol. The van der Waals surface area contributed by atoms with Gasteiger partial charge in [0.25, 0.3) is 0 Å². The average molecular weight is 401 g/mol. The number of pyridine rings is 1. The summed E-state index contributed by atoms with van der Waals surface area (Å²) in [7, 11) is 2.24. The number of nitrogens with one attached hydrogen (secondary N) is 2. The molecule has 2 unspecified atom stereocenters. The minimum atomic E-state index is -4.39. The maximum absolute atomic E-state index is 12.7. The van der Waals surface area contributed by atoms with Crippen molar-refractivity contribution in [3.05, 3.63) is 47.7 Å². The van der Waals surface area contributed by atoms with Gasteiger partial charge in [-0.05, 0) is 68.5 Å². The van der Waals surface area contributed by atoms with Gasteiger partial charge >= 0.3 is 6.18 Å². The van der Waals surface area contributed by atoms with Crippen molar-refractivity contribution >= 4 is 22.8 Å². The molecule has 152 valence electrons. The summed E-state index contributed by atoms with van der Waals surface area (Å²) in [4.78, 5) is 14.1. The van der Waals surface area contributed by atoms with E-state index < -0.39 is 11.7 Å². The number of alkyl halides is 3. The quantitative estimate of drug-likeness (QED) is 0.644. The number of halogens is 3. The van der Waals surface area contributed by atoms with Crippen LogP contribution in [0.1, 0.15) is 42.7 Å². The maximum Gasteiger partial charge on any atom is 0.417 e. The van der Waals surface area contributed by atoms with Gasteiger partial charge in [-0.1, -0.05) is 6.07 Å². The van der Waals surface area contributed by atoms with Crippen LogP contribution in [-0.2, 0) is 6.18 Å². The van der Waals surface area contributed by atoms with Crippen LogP contribution in [0.3, 0.4) is 0 Å². The number of hydrogen-bond acceptors (Lipinski definition) is 4. The molecule has 2 aliphatic heterocycles. The Balaban J connectivity index is 1.34. The molecule has 2 aliphatic rings. The van der Waals surface area contributed by atoms with E-state index in [-0.39, 0.29) is 0 Å². The fourth-order valence-electron chi connectivity index (χ4n) is 4.78. The fourth-order valence-corrected chi connectivity index (χ4v) is 4.78. The number of H-pyrrole nitrogens is 1. The van der Waals surface area contributed by atoms with Gasteiger partial charge in [-0.2, -0.15) is 13.2 Å². The molecule has 0 saturated carbocycles. The zero-order valence-corrected chi connectivity index (χ0v) is 16.0. The number of imidazole rings is 1. The first-order chi connectivity index (χ1) is 13.9. The molecule has 2 fully saturated rings. The number of hydrogen-bond donors (Lipinski definition) is 2. The van der Waals surface area contributed by atoms with Gasteiger partial charge in [-0.25, -0.2) is 9.97 Å². The molecule has 2 N–H and O–H groups in total. The first-order valence-electron chi connectivity index (χ1n) is 9.89. The standard InChI is InChI=1S/C21H22F3N5/c1-29-15-4-5-16(29)9-13(8-15)12-2-6-17-18(10-12)27-20(26-17)28-19-7-3-14(11-25-19)21(22,23)24/h2-3,6-7,10-11,13,15-16H,4-5,8-9H2,1H3,(H2,25,26,27,28). The number of fused-ring (bicyclic) bond motifs is 3. The van der Waals surface area contributed by atoms with Crippen molar-refractivity contribution in [3.63, 3.8) is 0 Å². The van der Waals surface area contributed by atoms with Crippen LogP contribution in [0.2, 0.25) is 0 Å². The molecule has 1 aromatic carbocycles. The van der Waals surface area contributed by atoms with Crippen molar-refractivity contribution in [1.29, 1.82) is 0 Å². The highest BCUT2D eigenvalue weighted by atomic mass is 19.4. The lowest BCUT2D eigenvalue weighted by Crippen LogP contribution is -2.39. The van der Waals surface area contributed by atoms with Crippen LogP contribution >= 0.6 is 0 Å². The lowest BCUT2D eigenvalue weighted by atomic mass is 9.85. The topological polar surface area (TPSA) is 56.8 Å². The normalized spacial score (nSPS) is 24.9. The zero-order valence-electron chi connectivity index (χ0n) is 16.0. The van der Waals surface area contributed by atoms with Crippen molar-refractivity contribution in [2.45, 2.75) is 49.9 Å². The molecule has 2 atom stereocenters. The summed E-state index contributed by atoms with van der Waals surface area (Å²) in [5, 5.41) is 2.95. The molecule has 4 heterocycles. The molecular formula is C21H22F3N5. The Bertz CT molecular complexity index is 1010. The van der Waals surface area contributed by atoms with E-state index in [0.717, 1.165) is 23.3 Å². The summed E-state index contributed by atoms with van der Waals surface area (Å²) in [6.45, 7) is 0. The van der Waals surface area contributed by atoms with E-state index in [9.17, 15) is 13.2 Å². The van der Waals surface area contributed by atoms with Gasteiger partial charge in [0.1, 0.15) is 5.82 Å². The molecule has 2 bridgehead atoms. The summed E-state index contributed by atoms with van der Waals surface area (Å²) >= 11 is 0. The van der Waals surface area contributed by atoms with Crippen LogP contribution in [0.25, 0.3) is 11.0 Å². The summed E-state index contributed by atoms with van der Waals surface area (Å²) in [6, 6.07) is 9.98. The molecule has 0 aliphatic carbocycles. The van der Waals surface area contributed by atoms with E-state index in [4.69, 9.17) is 0 Å². The highest BCUT2D eigenvalue weighted by molar-refractivity contribution is 5.79. The molecule has 2 aromatic heterocycles. The van der Waals surface area contributed by atoms with Crippen LogP contribution in [0, 0.1) is 0 Å². The molecular weight excluding hydrogens is 379 g/mol. The molecule has 0 amide bonds. The lowest BCUT2D eigenvalue weighted by Gasteiger charge is -2.36. The molecule has 29 heavy (non-hydrogen) atoms. The smallest absolute Gasteiger partial charge is 0.324 e. The van der Waals surface area contributed by atoms with Crippen molar-refractivity contribution in [2.75, 3.05) is 12.4 Å². The number of nitrogens with zero attached hydrogens (tertiary/aromatic N) is 3. The highest BCUT2D eigenvalue weighted by Crippen LogP contribution is 2.42. The number of aromatic amines is 1. The fraction of sp³-hybridized carbons (Fsp3) is 0.429. The van der Waals surface area contributed by atoms with Crippen molar-refractivity contribution in [1.82, 2.24) is 19.9 Å². The molecule has 2 saturated heterocycles. The summed E-state index contributed by atoms with van der Waals surface area (Å²) in [6.07, 6.45) is 1.38. The number of aromatic nitrogens is 3. The second kappa shape index (κ2) is 6.73. The van der Waals surface area contributed by atoms with Gasteiger partial charge < -0.3 is 15.2 Å². The summed E-state index contributed by atoms with van der Waals surface area (Å²) in [5.74, 6) is 1.33. The molecule has 0 radical (unpaired) electrons. The average Bonchev–Trinajstić information content (AvgIpc) is 3.15. The Labute approximate surface area is 166 Å². The van der Waals surface area contributed by atoms with Gasteiger partial charge in [0.15, 0.2) is 0 Å². The second-order valence-electron chi connectivity index (χ2n) is 8.14. The van der Waals surface area contributed by atoms with Gasteiger partial charge in [-0.15, -0.1) is 0 Å². The van der Waals surface area contributed by atoms with Crippen molar-refractivity contribution in [2.24, 2.45) is 0 Å². The Morgan fingerprint density at radius 3 is 2.52 bits per heavy atom. The predicted octanol–water partition coefficient (Wildman–Crippen LogP) is 5.06. The Hall–Kier alpha value is -2.61. The summed E-state index contributed by atoms with van der Waals surface area (Å²) < 4.78 is 38.0. The van der Waals surface area contributed by atoms with Gasteiger partial charge in [0, 0.05) is 18.3 Å². The van der Waals surface area contributed by atoms with Crippen molar-refractivity contribution < 1.29 is 13.2 Å². The lowest BCUT2D eigenvalue weighted by molar-refractivity contribution is -0.137. The Kier molecular flexibility index (Phi) is 4.27. The highest BCUT2D eigenvalue weighted by Gasteiger charge is 2.38. The van der Waals surface area contributed by atoms with Crippen LogP contribution < -0.4 is 5.32 Å². The van der Waals surface area contributed by atoms with Crippen LogP contribution in [0.5, 0.6) is 0 Å². The number of rotatable bonds is 3. The van der Waals surface area contributed by atoms with Crippen LogP contribution in [-0.4, -0.2) is 39.0 Å².